The Kier molecular flexibility index (Phi) is 4.71. The Morgan fingerprint density at radius 2 is 1.88 bits per heavy atom. The van der Waals surface area contributed by atoms with E-state index in [4.69, 9.17) is 11.6 Å². The Morgan fingerprint density at radius 1 is 1.29 bits per heavy atom. The predicted octanol–water partition coefficient (Wildman–Crippen LogP) is 3.06. The van der Waals surface area contributed by atoms with Gasteiger partial charge in [0.1, 0.15) is 11.1 Å². The molecule has 24 heavy (non-hydrogen) atoms. The zero-order chi connectivity index (χ0) is 18.3. The van der Waals surface area contributed by atoms with Crippen molar-refractivity contribution in [3.63, 3.8) is 0 Å². The van der Waals surface area contributed by atoms with Crippen molar-refractivity contribution >= 4 is 23.3 Å². The summed E-state index contributed by atoms with van der Waals surface area (Å²) < 4.78 is 38.9. The van der Waals surface area contributed by atoms with Gasteiger partial charge in [0, 0.05) is 17.6 Å². The van der Waals surface area contributed by atoms with Crippen LogP contribution in [0.2, 0.25) is 5.02 Å². The number of carbonyl (C=O) groups excluding carboxylic acids is 2. The van der Waals surface area contributed by atoms with E-state index in [9.17, 15) is 27.9 Å². The minimum absolute atomic E-state index is 0.0516. The van der Waals surface area contributed by atoms with Gasteiger partial charge in [-0.3, -0.25) is 9.59 Å². The molecular weight excluding hydrogens is 347 g/mol. The van der Waals surface area contributed by atoms with Gasteiger partial charge in [0.05, 0.1) is 0 Å². The molecule has 1 aromatic rings. The first kappa shape index (κ1) is 18.7. The Hall–Kier alpha value is -1.60. The second-order valence-electron chi connectivity index (χ2n) is 6.16. The topological polar surface area (TPSA) is 57.6 Å². The summed E-state index contributed by atoms with van der Waals surface area (Å²) in [5.41, 5.74) is -3.73. The lowest BCUT2D eigenvalue weighted by Gasteiger charge is -2.48. The summed E-state index contributed by atoms with van der Waals surface area (Å²) in [5, 5.41) is 10.4. The number of likely N-dealkylation sites (N-methyl/N-ethyl adjacent to an activating group) is 1. The lowest BCUT2D eigenvalue weighted by molar-refractivity contribution is -0.195. The van der Waals surface area contributed by atoms with E-state index < -0.39 is 29.0 Å². The first-order valence-corrected chi connectivity index (χ1v) is 7.69. The van der Waals surface area contributed by atoms with Crippen molar-refractivity contribution in [3.8, 4) is 0 Å². The maximum Gasteiger partial charge on any atom is 0.471 e. The van der Waals surface area contributed by atoms with Gasteiger partial charge in [-0.1, -0.05) is 29.8 Å². The number of alkyl halides is 3. The normalized spacial score (nSPS) is 27.9. The first-order chi connectivity index (χ1) is 10.9. The third-order valence-electron chi connectivity index (χ3n) is 4.51. The summed E-state index contributed by atoms with van der Waals surface area (Å²) in [6, 6.07) is 5.92. The number of hydrogen-bond donors (Lipinski definition) is 1. The van der Waals surface area contributed by atoms with Crippen molar-refractivity contribution in [3.05, 3.63) is 34.9 Å². The number of Topliss-reactive ketones (excluding diaryl/α,β-unsaturated/α-hetero) is 1. The number of rotatable bonds is 2. The van der Waals surface area contributed by atoms with E-state index >= 15 is 0 Å². The molecule has 0 aromatic heterocycles. The smallest absolute Gasteiger partial charge is 0.382 e. The molecule has 1 aliphatic carbocycles. The number of ketones is 1. The van der Waals surface area contributed by atoms with Gasteiger partial charge in [-0.25, -0.2) is 0 Å². The molecule has 0 spiro atoms. The average molecular weight is 364 g/mol. The first-order valence-electron chi connectivity index (χ1n) is 7.32. The highest BCUT2D eigenvalue weighted by Gasteiger charge is 2.58. The minimum Gasteiger partial charge on any atom is -0.382 e. The Morgan fingerprint density at radius 3 is 2.42 bits per heavy atom. The van der Waals surface area contributed by atoms with Crippen LogP contribution >= 0.6 is 11.6 Å². The fourth-order valence-corrected chi connectivity index (χ4v) is 3.57. The van der Waals surface area contributed by atoms with Crippen LogP contribution in [0.1, 0.15) is 31.7 Å². The minimum atomic E-state index is -5.15. The molecule has 4 nitrogen and oxygen atoms in total. The molecule has 0 unspecified atom stereocenters. The van der Waals surface area contributed by atoms with Gasteiger partial charge in [0.15, 0.2) is 5.78 Å². The van der Waals surface area contributed by atoms with Crippen LogP contribution in [-0.2, 0) is 15.1 Å². The third kappa shape index (κ3) is 2.91. The van der Waals surface area contributed by atoms with Crippen molar-refractivity contribution in [1.29, 1.82) is 0 Å². The summed E-state index contributed by atoms with van der Waals surface area (Å²) in [4.78, 5) is 25.1. The predicted molar refractivity (Wildman–Crippen MR) is 81.4 cm³/mol. The zero-order valence-electron chi connectivity index (χ0n) is 13.2. The standard InChI is InChI=1S/C16H17ClF3NO3/c1-14(24)8-5-9-15(12(14)22,10-6-3-4-7-11(10)17)21(2)13(23)16(18,19)20/h3-4,6-7,24H,5,8-9H2,1-2H3/t14-,15-/m1/s1. The second kappa shape index (κ2) is 6.04. The molecule has 0 radical (unpaired) electrons. The second-order valence-corrected chi connectivity index (χ2v) is 6.57. The van der Waals surface area contributed by atoms with E-state index in [2.05, 4.69) is 0 Å². The van der Waals surface area contributed by atoms with Crippen molar-refractivity contribution in [1.82, 2.24) is 4.90 Å². The quantitative estimate of drug-likeness (QED) is 0.878. The van der Waals surface area contributed by atoms with E-state index in [0.29, 0.717) is 4.90 Å². The number of nitrogens with zero attached hydrogens (tertiary/aromatic N) is 1. The van der Waals surface area contributed by atoms with Crippen LogP contribution in [0.3, 0.4) is 0 Å². The highest BCUT2D eigenvalue weighted by atomic mass is 35.5. The maximum atomic E-state index is 13.0. The molecule has 2 rings (SSSR count). The van der Waals surface area contributed by atoms with Crippen LogP contribution in [-0.4, -0.2) is 40.5 Å². The van der Waals surface area contributed by atoms with Crippen LogP contribution < -0.4 is 0 Å². The number of aliphatic hydroxyl groups is 1. The van der Waals surface area contributed by atoms with E-state index in [0.717, 1.165) is 7.05 Å². The van der Waals surface area contributed by atoms with Crippen molar-refractivity contribution in [2.75, 3.05) is 7.05 Å². The summed E-state index contributed by atoms with van der Waals surface area (Å²) in [6.45, 7) is 1.24. The summed E-state index contributed by atoms with van der Waals surface area (Å²) in [7, 11) is 0.915. The van der Waals surface area contributed by atoms with E-state index in [1.54, 1.807) is 6.07 Å². The van der Waals surface area contributed by atoms with Crippen LogP contribution in [0.25, 0.3) is 0 Å². The lowest BCUT2D eigenvalue weighted by atomic mass is 9.68. The lowest BCUT2D eigenvalue weighted by Crippen LogP contribution is -2.63. The SMILES string of the molecule is CN(C(=O)C(F)(F)F)[C@@]1(c2ccccc2Cl)CCC[C@@](C)(O)C1=O. The van der Waals surface area contributed by atoms with Crippen LogP contribution in [0.15, 0.2) is 24.3 Å². The molecule has 132 valence electrons. The molecule has 2 atom stereocenters. The van der Waals surface area contributed by atoms with Gasteiger partial charge in [-0.05, 0) is 32.3 Å². The largest absolute Gasteiger partial charge is 0.471 e. The molecule has 8 heteroatoms. The van der Waals surface area contributed by atoms with E-state index in [1.807, 2.05) is 0 Å². The molecule has 1 saturated carbocycles. The van der Waals surface area contributed by atoms with Crippen molar-refractivity contribution in [2.24, 2.45) is 0 Å². The fraction of sp³-hybridized carbons (Fsp3) is 0.500. The number of amides is 1. The molecule has 1 fully saturated rings. The van der Waals surface area contributed by atoms with Crippen molar-refractivity contribution in [2.45, 2.75) is 43.5 Å². The average Bonchev–Trinajstić information content (AvgIpc) is 2.48. The molecule has 1 N–H and O–H groups in total. The molecule has 1 aliphatic rings. The molecule has 1 amide bonds. The zero-order valence-corrected chi connectivity index (χ0v) is 13.9. The monoisotopic (exact) mass is 363 g/mol. The summed E-state index contributed by atoms with van der Waals surface area (Å²) in [5.74, 6) is -3.03. The molecule has 0 heterocycles. The number of hydrogen-bond acceptors (Lipinski definition) is 3. The van der Waals surface area contributed by atoms with Gasteiger partial charge in [-0.2, -0.15) is 13.2 Å². The van der Waals surface area contributed by atoms with Crippen LogP contribution in [0.5, 0.6) is 0 Å². The number of halogens is 4. The highest BCUT2D eigenvalue weighted by Crippen LogP contribution is 2.46. The van der Waals surface area contributed by atoms with Gasteiger partial charge < -0.3 is 10.0 Å². The molecule has 0 bridgehead atoms. The Bertz CT molecular complexity index is 675. The molecule has 0 saturated heterocycles. The fourth-order valence-electron chi connectivity index (χ4n) is 3.28. The molecule has 0 aliphatic heterocycles. The van der Waals surface area contributed by atoms with Gasteiger partial charge in [0.2, 0.25) is 0 Å². The Balaban J connectivity index is 2.70. The summed E-state index contributed by atoms with van der Waals surface area (Å²) >= 11 is 6.12. The van der Waals surface area contributed by atoms with E-state index in [-0.39, 0.29) is 29.8 Å². The maximum absolute atomic E-state index is 13.0. The molecule has 1 aromatic carbocycles. The van der Waals surface area contributed by atoms with E-state index in [1.165, 1.54) is 25.1 Å². The molecular formula is C16H17ClF3NO3. The van der Waals surface area contributed by atoms with Gasteiger partial charge in [0.25, 0.3) is 0 Å². The van der Waals surface area contributed by atoms with Crippen molar-refractivity contribution < 1.29 is 27.9 Å². The van der Waals surface area contributed by atoms with Crippen LogP contribution in [0.4, 0.5) is 13.2 Å². The van der Waals surface area contributed by atoms with Crippen LogP contribution in [0, 0.1) is 0 Å². The number of benzene rings is 1. The Labute approximate surface area is 142 Å². The van der Waals surface area contributed by atoms with Gasteiger partial charge in [-0.15, -0.1) is 0 Å². The third-order valence-corrected chi connectivity index (χ3v) is 4.84. The number of carbonyl (C=O) groups is 2. The highest BCUT2D eigenvalue weighted by molar-refractivity contribution is 6.32. The summed E-state index contributed by atoms with van der Waals surface area (Å²) in [6.07, 6.45) is -4.83. The van der Waals surface area contributed by atoms with Gasteiger partial charge >= 0.3 is 12.1 Å².